The standard InChI is InChI=1S/C13H32N2/c1-8-9-10-11-12-13(14(2,3)4)15(5,6)7/h13H,8-12H2,1-7H3/q+2. The average molecular weight is 216 g/mol. The molecule has 15 heavy (non-hydrogen) atoms. The zero-order valence-corrected chi connectivity index (χ0v) is 12.0. The molecule has 0 aromatic heterocycles. The minimum atomic E-state index is 0.710. The Labute approximate surface area is 97.1 Å². The molecule has 0 fully saturated rings. The summed E-state index contributed by atoms with van der Waals surface area (Å²) in [7, 11) is 13.9. The average Bonchev–Trinajstić information content (AvgIpc) is 1.99. The molecular weight excluding hydrogens is 184 g/mol. The highest BCUT2D eigenvalue weighted by molar-refractivity contribution is 4.48. The van der Waals surface area contributed by atoms with Gasteiger partial charge in [-0.15, -0.1) is 0 Å². The van der Waals surface area contributed by atoms with Gasteiger partial charge in [-0.25, -0.2) is 0 Å². The Morgan fingerprint density at radius 1 is 0.733 bits per heavy atom. The van der Waals surface area contributed by atoms with Crippen molar-refractivity contribution in [3.8, 4) is 0 Å². The van der Waals surface area contributed by atoms with E-state index in [-0.39, 0.29) is 0 Å². The van der Waals surface area contributed by atoms with E-state index in [1.165, 1.54) is 32.1 Å². The normalized spacial score (nSPS) is 13.6. The number of quaternary nitrogens is 2. The van der Waals surface area contributed by atoms with E-state index in [2.05, 4.69) is 49.2 Å². The van der Waals surface area contributed by atoms with E-state index in [4.69, 9.17) is 0 Å². The zero-order valence-electron chi connectivity index (χ0n) is 12.0. The lowest BCUT2D eigenvalue weighted by Gasteiger charge is -2.42. The second-order valence-corrected chi connectivity index (χ2v) is 6.56. The smallest absolute Gasteiger partial charge is 0.215 e. The van der Waals surface area contributed by atoms with Gasteiger partial charge in [0, 0.05) is 0 Å². The number of rotatable bonds is 7. The van der Waals surface area contributed by atoms with E-state index in [0.29, 0.717) is 6.17 Å². The molecular formula is C13H32N2+2. The van der Waals surface area contributed by atoms with Crippen molar-refractivity contribution in [2.45, 2.75) is 45.2 Å². The van der Waals surface area contributed by atoms with Crippen LogP contribution in [0.15, 0.2) is 0 Å². The summed E-state index contributed by atoms with van der Waals surface area (Å²) in [5, 5.41) is 0. The summed E-state index contributed by atoms with van der Waals surface area (Å²) in [6.45, 7) is 2.27. The Kier molecular flexibility index (Phi) is 5.82. The third-order valence-corrected chi connectivity index (χ3v) is 3.10. The second-order valence-electron chi connectivity index (χ2n) is 6.56. The molecule has 0 bridgehead atoms. The lowest BCUT2D eigenvalue weighted by atomic mass is 10.1. The Hall–Kier alpha value is -0.0800. The van der Waals surface area contributed by atoms with Gasteiger partial charge in [-0.05, 0) is 6.42 Å². The second kappa shape index (κ2) is 5.86. The maximum atomic E-state index is 2.31. The predicted molar refractivity (Wildman–Crippen MR) is 68.6 cm³/mol. The Bertz CT molecular complexity index is 148. The topological polar surface area (TPSA) is 0 Å². The highest BCUT2D eigenvalue weighted by Crippen LogP contribution is 2.19. The van der Waals surface area contributed by atoms with E-state index in [9.17, 15) is 0 Å². The van der Waals surface area contributed by atoms with Crippen molar-refractivity contribution in [2.24, 2.45) is 0 Å². The fourth-order valence-corrected chi connectivity index (χ4v) is 2.57. The molecule has 0 N–H and O–H groups in total. The predicted octanol–water partition coefficient (Wildman–Crippen LogP) is 2.70. The maximum absolute atomic E-state index is 2.31. The Balaban J connectivity index is 4.17. The molecule has 0 aromatic carbocycles. The monoisotopic (exact) mass is 216 g/mol. The van der Waals surface area contributed by atoms with Crippen molar-refractivity contribution in [1.29, 1.82) is 0 Å². The van der Waals surface area contributed by atoms with Crippen LogP contribution in [-0.4, -0.2) is 57.4 Å². The van der Waals surface area contributed by atoms with Gasteiger partial charge in [-0.1, -0.05) is 26.2 Å². The zero-order chi connectivity index (χ0) is 12.1. The molecule has 0 heterocycles. The minimum Gasteiger partial charge on any atom is -0.282 e. The maximum Gasteiger partial charge on any atom is 0.215 e. The molecule has 0 rings (SSSR count). The largest absolute Gasteiger partial charge is 0.282 e. The number of hydrogen-bond acceptors (Lipinski definition) is 0. The molecule has 2 heteroatoms. The van der Waals surface area contributed by atoms with Gasteiger partial charge >= 0.3 is 0 Å². The van der Waals surface area contributed by atoms with E-state index in [0.717, 1.165) is 8.97 Å². The van der Waals surface area contributed by atoms with Gasteiger partial charge in [0.1, 0.15) is 0 Å². The fraction of sp³-hybridized carbons (Fsp3) is 1.00. The summed E-state index contributed by atoms with van der Waals surface area (Å²) in [4.78, 5) is 0. The molecule has 0 spiro atoms. The Morgan fingerprint density at radius 2 is 1.20 bits per heavy atom. The molecule has 0 aromatic rings. The SMILES string of the molecule is CCCCCCC([N+](C)(C)C)[N+](C)(C)C. The van der Waals surface area contributed by atoms with Crippen LogP contribution in [0.4, 0.5) is 0 Å². The van der Waals surface area contributed by atoms with Gasteiger partial charge in [0.2, 0.25) is 6.17 Å². The van der Waals surface area contributed by atoms with Crippen LogP contribution < -0.4 is 0 Å². The molecule has 0 saturated carbocycles. The molecule has 0 amide bonds. The fourth-order valence-electron chi connectivity index (χ4n) is 2.57. The van der Waals surface area contributed by atoms with Crippen LogP contribution in [0.5, 0.6) is 0 Å². The van der Waals surface area contributed by atoms with Gasteiger partial charge in [-0.2, -0.15) is 0 Å². The van der Waals surface area contributed by atoms with Crippen molar-refractivity contribution in [1.82, 2.24) is 0 Å². The van der Waals surface area contributed by atoms with Crippen LogP contribution in [0.1, 0.15) is 39.0 Å². The summed E-state index contributed by atoms with van der Waals surface area (Å²) < 4.78 is 2.13. The highest BCUT2D eigenvalue weighted by atomic mass is 15.5. The van der Waals surface area contributed by atoms with Gasteiger partial charge in [0.05, 0.1) is 48.7 Å². The summed E-state index contributed by atoms with van der Waals surface area (Å²) in [6.07, 6.45) is 7.55. The molecule has 0 aliphatic carbocycles. The van der Waals surface area contributed by atoms with Crippen molar-refractivity contribution in [3.05, 3.63) is 0 Å². The third-order valence-electron chi connectivity index (χ3n) is 3.10. The van der Waals surface area contributed by atoms with Gasteiger partial charge < -0.3 is 0 Å². The number of hydrogen-bond donors (Lipinski definition) is 0. The molecule has 0 unspecified atom stereocenters. The summed E-state index contributed by atoms with van der Waals surface area (Å²) in [6, 6.07) is 0. The Morgan fingerprint density at radius 3 is 1.53 bits per heavy atom. The van der Waals surface area contributed by atoms with E-state index < -0.39 is 0 Å². The van der Waals surface area contributed by atoms with Crippen LogP contribution >= 0.6 is 0 Å². The first-order chi connectivity index (χ1) is 6.69. The summed E-state index contributed by atoms with van der Waals surface area (Å²) in [5.41, 5.74) is 0. The lowest BCUT2D eigenvalue weighted by Crippen LogP contribution is -2.60. The van der Waals surface area contributed by atoms with Crippen molar-refractivity contribution < 1.29 is 8.97 Å². The first-order valence-electron chi connectivity index (χ1n) is 6.32. The van der Waals surface area contributed by atoms with Crippen LogP contribution in [-0.2, 0) is 0 Å². The first kappa shape index (κ1) is 14.9. The summed E-state index contributed by atoms with van der Waals surface area (Å²) >= 11 is 0. The van der Waals surface area contributed by atoms with Crippen molar-refractivity contribution in [2.75, 3.05) is 42.3 Å². The number of nitrogens with zero attached hydrogens (tertiary/aromatic N) is 2. The molecule has 0 radical (unpaired) electrons. The molecule has 92 valence electrons. The molecule has 2 nitrogen and oxygen atoms in total. The van der Waals surface area contributed by atoms with Gasteiger partial charge in [-0.3, -0.25) is 8.97 Å². The molecule has 0 aliphatic heterocycles. The van der Waals surface area contributed by atoms with Crippen LogP contribution in [0.2, 0.25) is 0 Å². The first-order valence-corrected chi connectivity index (χ1v) is 6.32. The molecule has 0 aliphatic rings. The molecule has 0 atom stereocenters. The van der Waals surface area contributed by atoms with E-state index >= 15 is 0 Å². The van der Waals surface area contributed by atoms with Gasteiger partial charge in [0.25, 0.3) is 0 Å². The quantitative estimate of drug-likeness (QED) is 0.349. The van der Waals surface area contributed by atoms with Crippen LogP contribution in [0.3, 0.4) is 0 Å². The minimum absolute atomic E-state index is 0.710. The number of unbranched alkanes of at least 4 members (excludes halogenated alkanes) is 3. The van der Waals surface area contributed by atoms with E-state index in [1.54, 1.807) is 0 Å². The van der Waals surface area contributed by atoms with Crippen LogP contribution in [0, 0.1) is 0 Å². The lowest BCUT2D eigenvalue weighted by molar-refractivity contribution is -1.09. The van der Waals surface area contributed by atoms with Crippen molar-refractivity contribution >= 4 is 0 Å². The van der Waals surface area contributed by atoms with Crippen molar-refractivity contribution in [3.63, 3.8) is 0 Å². The van der Waals surface area contributed by atoms with E-state index in [1.807, 2.05) is 0 Å². The summed E-state index contributed by atoms with van der Waals surface area (Å²) in [5.74, 6) is 0. The third kappa shape index (κ3) is 6.16. The van der Waals surface area contributed by atoms with Crippen LogP contribution in [0.25, 0.3) is 0 Å². The van der Waals surface area contributed by atoms with Gasteiger partial charge in [0.15, 0.2) is 0 Å². The molecule has 0 saturated heterocycles. The highest BCUT2D eigenvalue weighted by Gasteiger charge is 2.34.